The van der Waals surface area contributed by atoms with Crippen LogP contribution in [0.1, 0.15) is 30.2 Å². The summed E-state index contributed by atoms with van der Waals surface area (Å²) in [6, 6.07) is 9.44. The summed E-state index contributed by atoms with van der Waals surface area (Å²) in [6.45, 7) is 1.11. The van der Waals surface area contributed by atoms with Crippen molar-refractivity contribution in [3.8, 4) is 6.07 Å². The molecule has 2 amide bonds. The number of sulfonamides is 1. The first-order valence-corrected chi connectivity index (χ1v) is 11.2. The predicted molar refractivity (Wildman–Crippen MR) is 108 cm³/mol. The zero-order valence-corrected chi connectivity index (χ0v) is 17.2. The van der Waals surface area contributed by atoms with Crippen LogP contribution >= 0.6 is 11.8 Å². The monoisotopic (exact) mass is 430 g/mol. The summed E-state index contributed by atoms with van der Waals surface area (Å²) >= 11 is 1.19. The van der Waals surface area contributed by atoms with E-state index in [2.05, 4.69) is 16.4 Å². The van der Waals surface area contributed by atoms with Crippen LogP contribution in [0.5, 0.6) is 0 Å². The SMILES string of the molecule is CC(=O)NS(=O)(=O)c1ccc(NC(=O)CSc2nc3c(cc2C#N)CCC3)cc1. The first-order chi connectivity index (χ1) is 13.8. The highest BCUT2D eigenvalue weighted by molar-refractivity contribution is 8.00. The van der Waals surface area contributed by atoms with Gasteiger partial charge in [0.25, 0.3) is 10.0 Å². The molecule has 0 saturated carbocycles. The lowest BCUT2D eigenvalue weighted by atomic mass is 10.2. The molecule has 0 bridgehead atoms. The van der Waals surface area contributed by atoms with Crippen LogP contribution in [0, 0.1) is 11.3 Å². The minimum absolute atomic E-state index is 0.0619. The summed E-state index contributed by atoms with van der Waals surface area (Å²) in [5.74, 6) is -0.929. The van der Waals surface area contributed by atoms with Gasteiger partial charge in [0.2, 0.25) is 11.8 Å². The molecule has 0 saturated heterocycles. The first kappa shape index (κ1) is 20.8. The van der Waals surface area contributed by atoms with Crippen molar-refractivity contribution in [2.75, 3.05) is 11.1 Å². The number of carbonyl (C=O) groups is 2. The van der Waals surface area contributed by atoms with Crippen LogP contribution in [0.15, 0.2) is 40.3 Å². The summed E-state index contributed by atoms with van der Waals surface area (Å²) in [6.07, 6.45) is 2.83. The van der Waals surface area contributed by atoms with Crippen molar-refractivity contribution in [1.82, 2.24) is 9.71 Å². The van der Waals surface area contributed by atoms with Crippen molar-refractivity contribution in [3.05, 3.63) is 47.2 Å². The van der Waals surface area contributed by atoms with E-state index in [0.717, 1.165) is 37.4 Å². The summed E-state index contributed by atoms with van der Waals surface area (Å²) in [7, 11) is -3.92. The molecule has 150 valence electrons. The van der Waals surface area contributed by atoms with Gasteiger partial charge in [-0.15, -0.1) is 0 Å². The number of nitriles is 1. The maximum Gasteiger partial charge on any atom is 0.264 e. The van der Waals surface area contributed by atoms with Crippen LogP contribution in [0.2, 0.25) is 0 Å². The van der Waals surface area contributed by atoms with E-state index in [1.807, 2.05) is 10.8 Å². The zero-order chi connectivity index (χ0) is 21.0. The normalized spacial score (nSPS) is 12.7. The molecule has 1 aliphatic carbocycles. The van der Waals surface area contributed by atoms with Crippen LogP contribution in [-0.2, 0) is 32.5 Å². The molecular formula is C19H18N4O4S2. The van der Waals surface area contributed by atoms with Gasteiger partial charge in [-0.1, -0.05) is 11.8 Å². The Balaban J connectivity index is 1.62. The van der Waals surface area contributed by atoms with Crippen LogP contribution in [-0.4, -0.2) is 31.0 Å². The van der Waals surface area contributed by atoms with Crippen molar-refractivity contribution < 1.29 is 18.0 Å². The molecule has 8 nitrogen and oxygen atoms in total. The van der Waals surface area contributed by atoms with Crippen molar-refractivity contribution in [1.29, 1.82) is 5.26 Å². The number of hydrogen-bond acceptors (Lipinski definition) is 7. The van der Waals surface area contributed by atoms with Crippen LogP contribution < -0.4 is 10.0 Å². The molecule has 0 aliphatic heterocycles. The van der Waals surface area contributed by atoms with Crippen molar-refractivity contribution in [2.24, 2.45) is 0 Å². The van der Waals surface area contributed by atoms with Gasteiger partial charge in [0.05, 0.1) is 16.2 Å². The lowest BCUT2D eigenvalue weighted by Crippen LogP contribution is -2.28. The molecule has 0 unspecified atom stereocenters. The van der Waals surface area contributed by atoms with Gasteiger partial charge < -0.3 is 5.32 Å². The highest BCUT2D eigenvalue weighted by atomic mass is 32.2. The van der Waals surface area contributed by atoms with E-state index in [1.165, 1.54) is 36.0 Å². The minimum atomic E-state index is -3.92. The summed E-state index contributed by atoms with van der Waals surface area (Å²) in [5.41, 5.74) is 2.98. The fourth-order valence-corrected chi connectivity index (χ4v) is 4.71. The van der Waals surface area contributed by atoms with Gasteiger partial charge in [0.1, 0.15) is 11.1 Å². The highest BCUT2D eigenvalue weighted by Gasteiger charge is 2.18. The number of amides is 2. The number of rotatable bonds is 6. The van der Waals surface area contributed by atoms with E-state index in [-0.39, 0.29) is 16.6 Å². The third-order valence-electron chi connectivity index (χ3n) is 4.20. The molecule has 2 N–H and O–H groups in total. The Morgan fingerprint density at radius 1 is 1.24 bits per heavy atom. The summed E-state index contributed by atoms with van der Waals surface area (Å²) in [5, 5.41) is 12.5. The van der Waals surface area contributed by atoms with Crippen molar-refractivity contribution in [3.63, 3.8) is 0 Å². The largest absolute Gasteiger partial charge is 0.325 e. The Hall–Kier alpha value is -2.90. The molecule has 29 heavy (non-hydrogen) atoms. The second-order valence-corrected chi connectivity index (χ2v) is 9.08. The predicted octanol–water partition coefficient (Wildman–Crippen LogP) is 2.00. The zero-order valence-electron chi connectivity index (χ0n) is 15.6. The second-order valence-electron chi connectivity index (χ2n) is 6.44. The number of aryl methyl sites for hydroxylation is 2. The number of nitrogens with one attached hydrogen (secondary N) is 2. The average Bonchev–Trinajstić information content (AvgIpc) is 3.12. The maximum atomic E-state index is 12.2. The van der Waals surface area contributed by atoms with Gasteiger partial charge in [-0.2, -0.15) is 5.26 Å². The maximum absolute atomic E-state index is 12.2. The smallest absolute Gasteiger partial charge is 0.264 e. The first-order valence-electron chi connectivity index (χ1n) is 8.77. The average molecular weight is 431 g/mol. The van der Waals surface area contributed by atoms with Crippen molar-refractivity contribution >= 4 is 39.3 Å². The third kappa shape index (κ3) is 5.13. The van der Waals surface area contributed by atoms with Gasteiger partial charge >= 0.3 is 0 Å². The van der Waals surface area contributed by atoms with Crippen LogP contribution in [0.4, 0.5) is 5.69 Å². The van der Waals surface area contributed by atoms with Gasteiger partial charge in [-0.05, 0) is 55.2 Å². The molecule has 1 aliphatic rings. The number of fused-ring (bicyclic) bond motifs is 1. The molecule has 3 rings (SSSR count). The van der Waals surface area contributed by atoms with E-state index >= 15 is 0 Å². The Labute approximate surface area is 172 Å². The lowest BCUT2D eigenvalue weighted by Gasteiger charge is -2.09. The number of anilines is 1. The Bertz CT molecular complexity index is 1110. The van der Waals surface area contributed by atoms with Gasteiger partial charge in [-0.25, -0.2) is 18.1 Å². The third-order valence-corrected chi connectivity index (χ3v) is 6.64. The number of benzene rings is 1. The number of aromatic nitrogens is 1. The Kier molecular flexibility index (Phi) is 6.20. The Morgan fingerprint density at radius 3 is 2.62 bits per heavy atom. The standard InChI is InChI=1S/C19H18N4O4S2/c1-12(24)23-29(26,27)16-7-5-15(6-8-16)21-18(25)11-28-19-14(10-20)9-13-3-2-4-17(13)22-19/h5-9H,2-4,11H2,1H3,(H,21,25)(H,23,24). The topological polar surface area (TPSA) is 129 Å². The molecule has 0 atom stereocenters. The van der Waals surface area contributed by atoms with E-state index in [0.29, 0.717) is 16.3 Å². The number of carbonyl (C=O) groups excluding carboxylic acids is 2. The number of hydrogen-bond donors (Lipinski definition) is 2. The second kappa shape index (κ2) is 8.63. The van der Waals surface area contributed by atoms with Crippen LogP contribution in [0.3, 0.4) is 0 Å². The molecule has 2 aromatic rings. The molecule has 1 heterocycles. The fourth-order valence-electron chi connectivity index (χ4n) is 2.94. The molecular weight excluding hydrogens is 412 g/mol. The minimum Gasteiger partial charge on any atom is -0.325 e. The van der Waals surface area contributed by atoms with Crippen LogP contribution in [0.25, 0.3) is 0 Å². The molecule has 0 radical (unpaired) electrons. The van der Waals surface area contributed by atoms with Gasteiger partial charge in [0.15, 0.2) is 0 Å². The highest BCUT2D eigenvalue weighted by Crippen LogP contribution is 2.28. The molecule has 0 fully saturated rings. The molecule has 1 aromatic heterocycles. The summed E-state index contributed by atoms with van der Waals surface area (Å²) in [4.78, 5) is 27.6. The van der Waals surface area contributed by atoms with E-state index in [1.54, 1.807) is 0 Å². The lowest BCUT2D eigenvalue weighted by molar-refractivity contribution is -0.117. The fraction of sp³-hybridized carbons (Fsp3) is 0.263. The Morgan fingerprint density at radius 2 is 1.97 bits per heavy atom. The molecule has 1 aromatic carbocycles. The number of thioether (sulfide) groups is 1. The van der Waals surface area contributed by atoms with Gasteiger partial charge in [-0.3, -0.25) is 9.59 Å². The number of pyridine rings is 1. The number of nitrogens with zero attached hydrogens (tertiary/aromatic N) is 2. The summed E-state index contributed by atoms with van der Waals surface area (Å²) < 4.78 is 25.7. The van der Waals surface area contributed by atoms with E-state index in [9.17, 15) is 23.3 Å². The van der Waals surface area contributed by atoms with Gasteiger partial charge in [0, 0.05) is 18.3 Å². The quantitative estimate of drug-likeness (QED) is 0.671. The van der Waals surface area contributed by atoms with E-state index in [4.69, 9.17) is 0 Å². The molecule has 0 spiro atoms. The van der Waals surface area contributed by atoms with Crippen molar-refractivity contribution in [2.45, 2.75) is 36.1 Å². The van der Waals surface area contributed by atoms with E-state index < -0.39 is 15.9 Å². The molecule has 10 heteroatoms.